The average Bonchev–Trinajstić information content (AvgIpc) is 3.19. The van der Waals surface area contributed by atoms with Crippen molar-refractivity contribution in [2.24, 2.45) is 4.99 Å². The number of aliphatic imine (C=N–C) groups is 1. The molecule has 0 aliphatic carbocycles. The van der Waals surface area contributed by atoms with Crippen LogP contribution in [0.15, 0.2) is 65.8 Å². The van der Waals surface area contributed by atoms with Gasteiger partial charge < -0.3 is 18.8 Å². The van der Waals surface area contributed by atoms with Crippen LogP contribution >= 0.6 is 0 Å². The Kier molecular flexibility index (Phi) is 5.06. The molecule has 1 aliphatic rings. The average molecular weight is 376 g/mol. The number of hydrogen-bond acceptors (Lipinski definition) is 4. The maximum absolute atomic E-state index is 6.02. The number of hydrogen-bond donors (Lipinski definition) is 0. The van der Waals surface area contributed by atoms with Crippen LogP contribution in [0.1, 0.15) is 30.6 Å². The van der Waals surface area contributed by atoms with Gasteiger partial charge in [0.15, 0.2) is 11.5 Å². The fourth-order valence-corrected chi connectivity index (χ4v) is 3.60. The lowest BCUT2D eigenvalue weighted by Gasteiger charge is -2.18. The molecule has 3 aromatic rings. The molecule has 1 atom stereocenters. The lowest BCUT2D eigenvalue weighted by molar-refractivity contribution is 0.354. The standard InChI is InChI=1S/C23H24N2O3/c1-4-18-17-13-22(26-2)23(27-3)14-21(17)25-12-8-11-20(25)19(24-18)15-28-16-9-6-5-7-10-16/h5-14,18H,4,15H2,1-3H3. The summed E-state index contributed by atoms with van der Waals surface area (Å²) in [4.78, 5) is 5.07. The van der Waals surface area contributed by atoms with Crippen LogP contribution in [0.25, 0.3) is 5.69 Å². The van der Waals surface area contributed by atoms with Crippen molar-refractivity contribution in [1.82, 2.24) is 4.57 Å². The third-order valence-electron chi connectivity index (χ3n) is 5.01. The summed E-state index contributed by atoms with van der Waals surface area (Å²) in [6.07, 6.45) is 2.93. The zero-order valence-electron chi connectivity index (χ0n) is 16.4. The lowest BCUT2D eigenvalue weighted by Crippen LogP contribution is -2.16. The number of methoxy groups -OCH3 is 2. The molecule has 1 aliphatic heterocycles. The minimum Gasteiger partial charge on any atom is -0.493 e. The molecule has 0 N–H and O–H groups in total. The van der Waals surface area contributed by atoms with Crippen molar-refractivity contribution in [3.05, 3.63) is 72.1 Å². The topological polar surface area (TPSA) is 45.0 Å². The van der Waals surface area contributed by atoms with E-state index in [1.165, 1.54) is 0 Å². The van der Waals surface area contributed by atoms with Gasteiger partial charge in [-0.3, -0.25) is 4.99 Å². The van der Waals surface area contributed by atoms with E-state index in [0.29, 0.717) is 18.1 Å². The fourth-order valence-electron chi connectivity index (χ4n) is 3.60. The molecule has 144 valence electrons. The first-order valence-corrected chi connectivity index (χ1v) is 9.43. The molecule has 1 aromatic heterocycles. The second-order valence-corrected chi connectivity index (χ2v) is 6.63. The van der Waals surface area contributed by atoms with Crippen LogP contribution in [-0.4, -0.2) is 31.1 Å². The summed E-state index contributed by atoms with van der Waals surface area (Å²) in [5.41, 5.74) is 4.13. The molecule has 0 spiro atoms. The van der Waals surface area contributed by atoms with Crippen LogP contribution in [0.4, 0.5) is 0 Å². The van der Waals surface area contributed by atoms with Gasteiger partial charge in [-0.15, -0.1) is 0 Å². The highest BCUT2D eigenvalue weighted by atomic mass is 16.5. The van der Waals surface area contributed by atoms with Crippen molar-refractivity contribution in [2.45, 2.75) is 19.4 Å². The van der Waals surface area contributed by atoms with E-state index in [4.69, 9.17) is 19.2 Å². The van der Waals surface area contributed by atoms with E-state index < -0.39 is 0 Å². The van der Waals surface area contributed by atoms with Gasteiger partial charge in [-0.1, -0.05) is 25.1 Å². The normalized spacial score (nSPS) is 15.1. The van der Waals surface area contributed by atoms with Crippen molar-refractivity contribution in [2.75, 3.05) is 20.8 Å². The first-order chi connectivity index (χ1) is 13.7. The Hall–Kier alpha value is -3.21. The molecule has 5 heteroatoms. The van der Waals surface area contributed by atoms with Crippen molar-refractivity contribution in [3.63, 3.8) is 0 Å². The molecule has 2 aromatic carbocycles. The van der Waals surface area contributed by atoms with Crippen LogP contribution in [-0.2, 0) is 0 Å². The molecule has 28 heavy (non-hydrogen) atoms. The lowest BCUT2D eigenvalue weighted by atomic mass is 10.0. The fraction of sp³-hybridized carbons (Fsp3) is 0.261. The molecule has 2 heterocycles. The molecule has 5 nitrogen and oxygen atoms in total. The van der Waals surface area contributed by atoms with Gasteiger partial charge in [0.1, 0.15) is 12.4 Å². The Labute approximate surface area is 165 Å². The maximum Gasteiger partial charge on any atom is 0.162 e. The van der Waals surface area contributed by atoms with Crippen LogP contribution in [0.2, 0.25) is 0 Å². The number of ether oxygens (including phenoxy) is 3. The SMILES string of the molecule is CCC1N=C(COc2ccccc2)c2cccn2-c2cc(OC)c(OC)cc21. The Morgan fingerprint density at radius 2 is 1.71 bits per heavy atom. The highest BCUT2D eigenvalue weighted by Gasteiger charge is 2.25. The molecule has 4 rings (SSSR count). The van der Waals surface area contributed by atoms with Crippen LogP contribution in [0.3, 0.4) is 0 Å². The quantitative estimate of drug-likeness (QED) is 0.619. The molecule has 0 radical (unpaired) electrons. The summed E-state index contributed by atoms with van der Waals surface area (Å²) in [7, 11) is 3.32. The van der Waals surface area contributed by atoms with Gasteiger partial charge in [-0.25, -0.2) is 0 Å². The van der Waals surface area contributed by atoms with Gasteiger partial charge >= 0.3 is 0 Å². The molecule has 0 fully saturated rings. The molecular formula is C23H24N2O3. The second kappa shape index (κ2) is 7.80. The molecule has 0 amide bonds. The first kappa shape index (κ1) is 18.2. The smallest absolute Gasteiger partial charge is 0.162 e. The largest absolute Gasteiger partial charge is 0.493 e. The molecule has 1 unspecified atom stereocenters. The predicted molar refractivity (Wildman–Crippen MR) is 110 cm³/mol. The zero-order chi connectivity index (χ0) is 19.5. The van der Waals surface area contributed by atoms with E-state index >= 15 is 0 Å². The Morgan fingerprint density at radius 3 is 2.43 bits per heavy atom. The number of nitrogens with zero attached hydrogens (tertiary/aromatic N) is 2. The first-order valence-electron chi connectivity index (χ1n) is 9.43. The van der Waals surface area contributed by atoms with E-state index in [1.54, 1.807) is 14.2 Å². The molecule has 0 bridgehead atoms. The van der Waals surface area contributed by atoms with Gasteiger partial charge in [-0.2, -0.15) is 0 Å². The predicted octanol–water partition coefficient (Wildman–Crippen LogP) is 4.83. The van der Waals surface area contributed by atoms with Gasteiger partial charge in [0.2, 0.25) is 0 Å². The summed E-state index contributed by atoms with van der Waals surface area (Å²) >= 11 is 0. The second-order valence-electron chi connectivity index (χ2n) is 6.63. The van der Waals surface area contributed by atoms with E-state index in [-0.39, 0.29) is 6.04 Å². The molecular weight excluding hydrogens is 352 g/mol. The van der Waals surface area contributed by atoms with Crippen LogP contribution in [0, 0.1) is 0 Å². The zero-order valence-corrected chi connectivity index (χ0v) is 16.4. The number of aromatic nitrogens is 1. The minimum atomic E-state index is 0.0177. The number of fused-ring (bicyclic) bond motifs is 3. The van der Waals surface area contributed by atoms with Gasteiger partial charge in [0.25, 0.3) is 0 Å². The number of benzene rings is 2. The number of para-hydroxylation sites is 1. The molecule has 0 saturated carbocycles. The number of rotatable bonds is 6. The summed E-state index contributed by atoms with van der Waals surface area (Å²) in [5.74, 6) is 2.26. The van der Waals surface area contributed by atoms with E-state index in [9.17, 15) is 0 Å². The van der Waals surface area contributed by atoms with Crippen LogP contribution < -0.4 is 14.2 Å². The summed E-state index contributed by atoms with van der Waals surface area (Å²) < 4.78 is 19.2. The van der Waals surface area contributed by atoms with Crippen molar-refractivity contribution in [1.29, 1.82) is 0 Å². The van der Waals surface area contributed by atoms with Crippen molar-refractivity contribution >= 4 is 5.71 Å². The third-order valence-corrected chi connectivity index (χ3v) is 5.01. The molecule has 0 saturated heterocycles. The minimum absolute atomic E-state index is 0.0177. The van der Waals surface area contributed by atoms with Gasteiger partial charge in [0.05, 0.1) is 37.4 Å². The Morgan fingerprint density at radius 1 is 0.964 bits per heavy atom. The highest BCUT2D eigenvalue weighted by Crippen LogP contribution is 2.39. The van der Waals surface area contributed by atoms with E-state index in [1.807, 2.05) is 48.5 Å². The van der Waals surface area contributed by atoms with E-state index in [2.05, 4.69) is 23.8 Å². The summed E-state index contributed by atoms with van der Waals surface area (Å²) in [5, 5.41) is 0. The summed E-state index contributed by atoms with van der Waals surface area (Å²) in [6, 6.07) is 18.0. The highest BCUT2D eigenvalue weighted by molar-refractivity contribution is 6.01. The Bertz CT molecular complexity index is 992. The van der Waals surface area contributed by atoms with Crippen molar-refractivity contribution in [3.8, 4) is 22.9 Å². The van der Waals surface area contributed by atoms with E-state index in [0.717, 1.165) is 34.8 Å². The monoisotopic (exact) mass is 376 g/mol. The van der Waals surface area contributed by atoms with Crippen molar-refractivity contribution < 1.29 is 14.2 Å². The van der Waals surface area contributed by atoms with Gasteiger partial charge in [-0.05, 0) is 36.8 Å². The Balaban J connectivity index is 1.79. The van der Waals surface area contributed by atoms with Crippen LogP contribution in [0.5, 0.6) is 17.2 Å². The van der Waals surface area contributed by atoms with Gasteiger partial charge in [0, 0.05) is 17.8 Å². The third kappa shape index (κ3) is 3.24. The summed E-state index contributed by atoms with van der Waals surface area (Å²) in [6.45, 7) is 2.55. The maximum atomic E-state index is 6.02.